The van der Waals surface area contributed by atoms with Crippen LogP contribution in [-0.4, -0.2) is 11.8 Å². The number of ether oxygens (including phenoxy) is 1. The minimum absolute atomic E-state index is 0.456. The van der Waals surface area contributed by atoms with Gasteiger partial charge in [-0.1, -0.05) is 52.5 Å². The second-order valence-corrected chi connectivity index (χ2v) is 3.71. The summed E-state index contributed by atoms with van der Waals surface area (Å²) in [6.45, 7) is 15.9. The molecule has 0 saturated carbocycles. The molecule has 0 unspecified atom stereocenters. The summed E-state index contributed by atoms with van der Waals surface area (Å²) >= 11 is 0. The summed E-state index contributed by atoms with van der Waals surface area (Å²) in [4.78, 5) is 12.4. The normalized spacial score (nSPS) is 9.38. The molecule has 0 aliphatic carbocycles. The quantitative estimate of drug-likeness (QED) is 0.542. The van der Waals surface area contributed by atoms with Gasteiger partial charge in [0.15, 0.2) is 0 Å². The molecule has 0 aliphatic heterocycles. The third kappa shape index (κ3) is 10.3. The molecule has 1 aromatic heterocycles. The van der Waals surface area contributed by atoms with Crippen molar-refractivity contribution in [3.8, 4) is 0 Å². The molecule has 0 aliphatic rings. The molecule has 0 amide bonds. The predicted molar refractivity (Wildman–Crippen MR) is 90.0 cm³/mol. The van der Waals surface area contributed by atoms with Gasteiger partial charge in [0, 0.05) is 6.20 Å². The molecule has 0 N–H and O–H groups in total. The van der Waals surface area contributed by atoms with E-state index in [-0.39, 0.29) is 0 Å². The Kier molecular flexibility index (Phi) is 16.0. The first kappa shape index (κ1) is 21.1. The van der Waals surface area contributed by atoms with E-state index in [2.05, 4.69) is 31.1 Å². The van der Waals surface area contributed by atoms with Crippen LogP contribution in [0.4, 0.5) is 0 Å². The molecule has 3 nitrogen and oxygen atoms in total. The zero-order chi connectivity index (χ0) is 16.5. The van der Waals surface area contributed by atoms with Crippen molar-refractivity contribution in [3.63, 3.8) is 0 Å². The minimum atomic E-state index is 0.456. The van der Waals surface area contributed by atoms with E-state index in [1.807, 2.05) is 32.9 Å². The smallest absolute Gasteiger partial charge is 0.130 e. The van der Waals surface area contributed by atoms with E-state index in [0.29, 0.717) is 12.4 Å². The lowest BCUT2D eigenvalue weighted by Crippen LogP contribution is -1.96. The summed E-state index contributed by atoms with van der Waals surface area (Å²) in [5.41, 5.74) is 2.18. The van der Waals surface area contributed by atoms with Crippen molar-refractivity contribution in [3.05, 3.63) is 66.7 Å². The summed E-state index contributed by atoms with van der Waals surface area (Å²) in [5.74, 6) is 0.708. The van der Waals surface area contributed by atoms with E-state index in [0.717, 1.165) is 18.5 Å². The number of aromatic nitrogens is 1. The van der Waals surface area contributed by atoms with Crippen LogP contribution in [0.3, 0.4) is 0 Å². The van der Waals surface area contributed by atoms with Crippen molar-refractivity contribution >= 4 is 6.79 Å². The van der Waals surface area contributed by atoms with Gasteiger partial charge in [-0.25, -0.2) is 0 Å². The topological polar surface area (TPSA) is 39.2 Å². The van der Waals surface area contributed by atoms with Gasteiger partial charge in [0.2, 0.25) is 0 Å². The molecule has 1 rings (SSSR count). The monoisotopic (exact) mass is 289 g/mol. The van der Waals surface area contributed by atoms with Crippen LogP contribution in [0.25, 0.3) is 0 Å². The SMILES string of the molecule is C=C/C=C(\C=C)OCc1ccc(CCC)cn1.C=O.CC. The summed E-state index contributed by atoms with van der Waals surface area (Å²) in [7, 11) is 0. The summed E-state index contributed by atoms with van der Waals surface area (Å²) in [6, 6.07) is 4.10. The average molecular weight is 289 g/mol. The fourth-order valence-corrected chi connectivity index (χ4v) is 1.43. The molecule has 0 atom stereocenters. The summed E-state index contributed by atoms with van der Waals surface area (Å²) < 4.78 is 5.53. The Morgan fingerprint density at radius 3 is 2.38 bits per heavy atom. The Morgan fingerprint density at radius 1 is 1.29 bits per heavy atom. The largest absolute Gasteiger partial charge is 0.487 e. The average Bonchev–Trinajstić information content (AvgIpc) is 2.57. The Hall–Kier alpha value is -2.16. The molecule has 3 heteroatoms. The van der Waals surface area contributed by atoms with Crippen LogP contribution in [0.5, 0.6) is 0 Å². The first-order valence-electron chi connectivity index (χ1n) is 7.10. The highest BCUT2D eigenvalue weighted by Crippen LogP contribution is 2.07. The second kappa shape index (κ2) is 15.9. The molecule has 21 heavy (non-hydrogen) atoms. The van der Waals surface area contributed by atoms with Gasteiger partial charge < -0.3 is 9.53 Å². The van der Waals surface area contributed by atoms with Crippen molar-refractivity contribution in [1.29, 1.82) is 0 Å². The Balaban J connectivity index is 0. The maximum absolute atomic E-state index is 8.00. The lowest BCUT2D eigenvalue weighted by atomic mass is 10.1. The fraction of sp³-hybridized carbons (Fsp3) is 0.333. The highest BCUT2D eigenvalue weighted by atomic mass is 16.5. The van der Waals surface area contributed by atoms with Gasteiger partial charge in [-0.05, 0) is 30.2 Å². The number of pyridine rings is 1. The zero-order valence-electron chi connectivity index (χ0n) is 13.5. The molecular weight excluding hydrogens is 262 g/mol. The molecule has 1 heterocycles. The first-order valence-corrected chi connectivity index (χ1v) is 7.10. The Morgan fingerprint density at radius 2 is 1.95 bits per heavy atom. The number of rotatable bonds is 7. The fourth-order valence-electron chi connectivity index (χ4n) is 1.43. The molecule has 1 aromatic rings. The van der Waals surface area contributed by atoms with Crippen molar-refractivity contribution in [2.24, 2.45) is 0 Å². The van der Waals surface area contributed by atoms with Crippen molar-refractivity contribution in [2.75, 3.05) is 0 Å². The van der Waals surface area contributed by atoms with Crippen LogP contribution < -0.4 is 0 Å². The van der Waals surface area contributed by atoms with Crippen LogP contribution in [0, 0.1) is 0 Å². The van der Waals surface area contributed by atoms with E-state index in [1.165, 1.54) is 5.56 Å². The first-order chi connectivity index (χ1) is 10.3. The molecule has 0 saturated heterocycles. The van der Waals surface area contributed by atoms with Crippen molar-refractivity contribution in [1.82, 2.24) is 4.98 Å². The molecule has 0 fully saturated rings. The third-order valence-corrected chi connectivity index (χ3v) is 2.29. The van der Waals surface area contributed by atoms with Gasteiger partial charge in [-0.2, -0.15) is 0 Å². The van der Waals surface area contributed by atoms with Gasteiger partial charge in [-0.3, -0.25) is 4.98 Å². The number of hydrogen-bond acceptors (Lipinski definition) is 3. The highest BCUT2D eigenvalue weighted by Gasteiger charge is 1.97. The van der Waals surface area contributed by atoms with E-state index in [1.54, 1.807) is 18.2 Å². The number of carbonyl (C=O) groups is 1. The number of hydrogen-bond donors (Lipinski definition) is 0. The van der Waals surface area contributed by atoms with Crippen LogP contribution in [0.1, 0.15) is 38.4 Å². The maximum Gasteiger partial charge on any atom is 0.130 e. The van der Waals surface area contributed by atoms with Crippen LogP contribution in [-0.2, 0) is 22.6 Å². The van der Waals surface area contributed by atoms with Crippen molar-refractivity contribution < 1.29 is 9.53 Å². The van der Waals surface area contributed by atoms with Gasteiger partial charge in [0.1, 0.15) is 19.2 Å². The summed E-state index contributed by atoms with van der Waals surface area (Å²) in [5, 5.41) is 0. The predicted octanol–water partition coefficient (Wildman–Crippen LogP) is 4.65. The third-order valence-electron chi connectivity index (χ3n) is 2.29. The zero-order valence-corrected chi connectivity index (χ0v) is 13.5. The van der Waals surface area contributed by atoms with Crippen LogP contribution in [0.15, 0.2) is 55.5 Å². The second-order valence-electron chi connectivity index (χ2n) is 3.71. The van der Waals surface area contributed by atoms with E-state index >= 15 is 0 Å². The van der Waals surface area contributed by atoms with E-state index in [4.69, 9.17) is 9.53 Å². The number of aryl methyl sites for hydroxylation is 1. The Labute approximate surface area is 129 Å². The standard InChI is InChI=1S/C15H19NO.C2H6.CH2O/c1-4-7-13-9-10-14(16-11-13)12-17-15(6-3)8-5-2;2*1-2/h5-6,8-11H,2-4,7,12H2,1H3;1-2H3;1H2/b15-8+;;. The summed E-state index contributed by atoms with van der Waals surface area (Å²) in [6.07, 6.45) is 9.23. The molecule has 0 radical (unpaired) electrons. The minimum Gasteiger partial charge on any atom is -0.487 e. The number of allylic oxidation sites excluding steroid dienone is 3. The number of nitrogens with zero attached hydrogens (tertiary/aromatic N) is 1. The van der Waals surface area contributed by atoms with Gasteiger partial charge in [-0.15, -0.1) is 0 Å². The number of carbonyl (C=O) groups excluding carboxylic acids is 1. The maximum atomic E-state index is 8.00. The lowest BCUT2D eigenvalue weighted by molar-refractivity contribution is -0.0979. The van der Waals surface area contributed by atoms with Crippen LogP contribution in [0.2, 0.25) is 0 Å². The van der Waals surface area contributed by atoms with E-state index in [9.17, 15) is 0 Å². The van der Waals surface area contributed by atoms with Gasteiger partial charge >= 0.3 is 0 Å². The van der Waals surface area contributed by atoms with Crippen LogP contribution >= 0.6 is 0 Å². The Bertz CT molecular complexity index is 408. The molecule has 0 spiro atoms. The molecule has 116 valence electrons. The highest BCUT2D eigenvalue weighted by molar-refractivity contribution is 5.17. The molecule has 0 bridgehead atoms. The van der Waals surface area contributed by atoms with Gasteiger partial charge in [0.05, 0.1) is 5.69 Å². The molecular formula is C18H27NO2. The van der Waals surface area contributed by atoms with E-state index < -0.39 is 0 Å². The van der Waals surface area contributed by atoms with Gasteiger partial charge in [0.25, 0.3) is 0 Å². The van der Waals surface area contributed by atoms with Crippen molar-refractivity contribution in [2.45, 2.75) is 40.2 Å². The molecule has 0 aromatic carbocycles. The lowest BCUT2D eigenvalue weighted by Gasteiger charge is -2.06.